The van der Waals surface area contributed by atoms with Crippen molar-refractivity contribution in [2.24, 2.45) is 10.9 Å². The summed E-state index contributed by atoms with van der Waals surface area (Å²) in [6.07, 6.45) is 0.887. The summed E-state index contributed by atoms with van der Waals surface area (Å²) in [5.41, 5.74) is 7.81. The van der Waals surface area contributed by atoms with Crippen molar-refractivity contribution in [3.05, 3.63) is 29.3 Å². The molecule has 0 radical (unpaired) electrons. The summed E-state index contributed by atoms with van der Waals surface area (Å²) >= 11 is 0. The van der Waals surface area contributed by atoms with Crippen LogP contribution in [0.2, 0.25) is 0 Å². The number of amides is 1. The Morgan fingerprint density at radius 3 is 2.94 bits per heavy atom. The second-order valence-electron chi connectivity index (χ2n) is 4.03. The summed E-state index contributed by atoms with van der Waals surface area (Å²) in [4.78, 5) is 10.9. The van der Waals surface area contributed by atoms with Gasteiger partial charge in [0, 0.05) is 5.56 Å². The van der Waals surface area contributed by atoms with Crippen LogP contribution in [0.3, 0.4) is 0 Å². The van der Waals surface area contributed by atoms with Gasteiger partial charge in [-0.25, -0.2) is 0 Å². The molecule has 0 saturated heterocycles. The number of ether oxygens (including phenoxy) is 1. The van der Waals surface area contributed by atoms with E-state index in [9.17, 15) is 4.79 Å². The van der Waals surface area contributed by atoms with Gasteiger partial charge in [-0.1, -0.05) is 5.16 Å². The number of oxime groups is 1. The van der Waals surface area contributed by atoms with Gasteiger partial charge in [0.1, 0.15) is 5.75 Å². The van der Waals surface area contributed by atoms with Gasteiger partial charge in [-0.2, -0.15) is 0 Å². The maximum atomic E-state index is 10.9. The van der Waals surface area contributed by atoms with Gasteiger partial charge in [-0.3, -0.25) is 4.79 Å². The largest absolute Gasteiger partial charge is 0.481 e. The standard InChI is InChI=1S/C12H14N2O3/c1-7(12(13)15)17-9-3-4-10-8(6-9)2-5-11(10)14-16/h3-4,6-7,16H,2,5H2,1H3,(H2,13,15)/b14-11+. The van der Waals surface area contributed by atoms with E-state index < -0.39 is 12.0 Å². The molecule has 1 aromatic carbocycles. The molecule has 1 aliphatic carbocycles. The van der Waals surface area contributed by atoms with Gasteiger partial charge >= 0.3 is 0 Å². The van der Waals surface area contributed by atoms with Gasteiger partial charge in [0.05, 0.1) is 5.71 Å². The molecule has 1 aromatic rings. The van der Waals surface area contributed by atoms with E-state index in [0.29, 0.717) is 11.5 Å². The number of hydrogen-bond donors (Lipinski definition) is 2. The van der Waals surface area contributed by atoms with Crippen molar-refractivity contribution in [3.8, 4) is 5.75 Å². The van der Waals surface area contributed by atoms with E-state index in [2.05, 4.69) is 5.16 Å². The number of aryl methyl sites for hydroxylation is 1. The number of benzene rings is 1. The number of nitrogens with zero attached hydrogens (tertiary/aromatic N) is 1. The third-order valence-electron chi connectivity index (χ3n) is 2.85. The lowest BCUT2D eigenvalue weighted by atomic mass is 10.1. The molecule has 90 valence electrons. The summed E-state index contributed by atoms with van der Waals surface area (Å²) in [5, 5.41) is 12.0. The van der Waals surface area contributed by atoms with E-state index in [1.165, 1.54) is 0 Å². The molecule has 0 aromatic heterocycles. The van der Waals surface area contributed by atoms with Gasteiger partial charge in [-0.15, -0.1) is 0 Å². The molecule has 5 nitrogen and oxygen atoms in total. The Hall–Kier alpha value is -2.04. The third kappa shape index (κ3) is 2.22. The minimum absolute atomic E-state index is 0.497. The van der Waals surface area contributed by atoms with Crippen molar-refractivity contribution < 1.29 is 14.7 Å². The van der Waals surface area contributed by atoms with Crippen LogP contribution >= 0.6 is 0 Å². The van der Waals surface area contributed by atoms with Crippen molar-refractivity contribution in [1.29, 1.82) is 0 Å². The van der Waals surface area contributed by atoms with E-state index in [0.717, 1.165) is 24.0 Å². The number of hydrogen-bond acceptors (Lipinski definition) is 4. The maximum absolute atomic E-state index is 10.9. The van der Waals surface area contributed by atoms with Crippen LogP contribution in [0.4, 0.5) is 0 Å². The molecule has 0 saturated carbocycles. The number of rotatable bonds is 3. The molecule has 1 aliphatic rings. The Balaban J connectivity index is 2.21. The van der Waals surface area contributed by atoms with Gasteiger partial charge in [0.25, 0.3) is 5.91 Å². The Labute approximate surface area is 98.9 Å². The molecule has 1 unspecified atom stereocenters. The first-order valence-corrected chi connectivity index (χ1v) is 5.42. The number of carbonyl (C=O) groups excluding carboxylic acids is 1. The van der Waals surface area contributed by atoms with Crippen LogP contribution in [-0.4, -0.2) is 22.9 Å². The molecule has 3 N–H and O–H groups in total. The van der Waals surface area contributed by atoms with E-state index in [-0.39, 0.29) is 0 Å². The quantitative estimate of drug-likeness (QED) is 0.605. The fourth-order valence-electron chi connectivity index (χ4n) is 1.89. The molecule has 0 spiro atoms. The van der Waals surface area contributed by atoms with Crippen LogP contribution in [0.15, 0.2) is 23.4 Å². The lowest BCUT2D eigenvalue weighted by Gasteiger charge is -2.12. The molecule has 1 atom stereocenters. The second-order valence-corrected chi connectivity index (χ2v) is 4.03. The lowest BCUT2D eigenvalue weighted by Crippen LogP contribution is -2.30. The van der Waals surface area contributed by atoms with Gasteiger partial charge in [-0.05, 0) is 43.5 Å². The first kappa shape index (κ1) is 11.4. The zero-order valence-corrected chi connectivity index (χ0v) is 9.51. The summed E-state index contributed by atoms with van der Waals surface area (Å²) in [6.45, 7) is 1.61. The molecule has 1 amide bonds. The normalized spacial score (nSPS) is 17.8. The van der Waals surface area contributed by atoms with E-state index in [4.69, 9.17) is 15.7 Å². The monoisotopic (exact) mass is 234 g/mol. The second kappa shape index (κ2) is 4.45. The Bertz CT molecular complexity index is 483. The number of fused-ring (bicyclic) bond motifs is 1. The zero-order chi connectivity index (χ0) is 12.4. The molecular weight excluding hydrogens is 220 g/mol. The Kier molecular flexibility index (Phi) is 2.99. The fraction of sp³-hybridized carbons (Fsp3) is 0.333. The average molecular weight is 234 g/mol. The van der Waals surface area contributed by atoms with Crippen LogP contribution < -0.4 is 10.5 Å². The van der Waals surface area contributed by atoms with Crippen LogP contribution in [0, 0.1) is 0 Å². The summed E-state index contributed by atoms with van der Waals surface area (Å²) in [6, 6.07) is 5.43. The average Bonchev–Trinajstić information content (AvgIpc) is 2.71. The highest BCUT2D eigenvalue weighted by Gasteiger charge is 2.19. The number of nitrogens with two attached hydrogens (primary N) is 1. The summed E-state index contributed by atoms with van der Waals surface area (Å²) < 4.78 is 5.39. The molecule has 17 heavy (non-hydrogen) atoms. The molecule has 5 heteroatoms. The summed E-state index contributed by atoms with van der Waals surface area (Å²) in [5.74, 6) is 0.109. The molecule has 0 fully saturated rings. The Morgan fingerprint density at radius 2 is 2.29 bits per heavy atom. The maximum Gasteiger partial charge on any atom is 0.258 e. The highest BCUT2D eigenvalue weighted by Crippen LogP contribution is 2.27. The fourth-order valence-corrected chi connectivity index (χ4v) is 1.89. The van der Waals surface area contributed by atoms with Gasteiger partial charge in [0.15, 0.2) is 6.10 Å². The smallest absolute Gasteiger partial charge is 0.258 e. The van der Waals surface area contributed by atoms with Crippen LogP contribution in [0.25, 0.3) is 0 Å². The van der Waals surface area contributed by atoms with Crippen LogP contribution in [0.1, 0.15) is 24.5 Å². The molecule has 0 aliphatic heterocycles. The first-order valence-electron chi connectivity index (χ1n) is 5.42. The van der Waals surface area contributed by atoms with E-state index in [1.54, 1.807) is 13.0 Å². The van der Waals surface area contributed by atoms with Crippen LogP contribution in [-0.2, 0) is 11.2 Å². The van der Waals surface area contributed by atoms with Gasteiger partial charge in [0.2, 0.25) is 0 Å². The first-order chi connectivity index (χ1) is 8.11. The molecule has 2 rings (SSSR count). The van der Waals surface area contributed by atoms with E-state index in [1.807, 2.05) is 12.1 Å². The Morgan fingerprint density at radius 1 is 1.53 bits per heavy atom. The highest BCUT2D eigenvalue weighted by atomic mass is 16.5. The predicted octanol–water partition coefficient (Wildman–Crippen LogP) is 1.06. The minimum atomic E-state index is -0.652. The zero-order valence-electron chi connectivity index (χ0n) is 9.51. The van der Waals surface area contributed by atoms with Crippen LogP contribution in [0.5, 0.6) is 5.75 Å². The molecule has 0 heterocycles. The lowest BCUT2D eigenvalue weighted by molar-refractivity contribution is -0.123. The summed E-state index contributed by atoms with van der Waals surface area (Å²) in [7, 11) is 0. The van der Waals surface area contributed by atoms with Crippen molar-refractivity contribution in [1.82, 2.24) is 0 Å². The highest BCUT2D eigenvalue weighted by molar-refractivity contribution is 6.04. The molecular formula is C12H14N2O3. The van der Waals surface area contributed by atoms with Crippen molar-refractivity contribution in [2.75, 3.05) is 0 Å². The van der Waals surface area contributed by atoms with Gasteiger partial charge < -0.3 is 15.7 Å². The van der Waals surface area contributed by atoms with E-state index >= 15 is 0 Å². The topological polar surface area (TPSA) is 84.9 Å². The van der Waals surface area contributed by atoms with Crippen molar-refractivity contribution >= 4 is 11.6 Å². The number of primary amides is 1. The minimum Gasteiger partial charge on any atom is -0.481 e. The van der Waals surface area contributed by atoms with Crippen molar-refractivity contribution in [2.45, 2.75) is 25.9 Å². The van der Waals surface area contributed by atoms with Crippen molar-refractivity contribution in [3.63, 3.8) is 0 Å². The predicted molar refractivity (Wildman–Crippen MR) is 62.4 cm³/mol. The molecule has 0 bridgehead atoms. The third-order valence-corrected chi connectivity index (χ3v) is 2.85. The number of carbonyl (C=O) groups is 1. The SMILES string of the molecule is CC(Oc1ccc2c(c1)CC/C2=N\O)C(N)=O.